The van der Waals surface area contributed by atoms with Crippen molar-refractivity contribution in [2.75, 3.05) is 12.4 Å². The Labute approximate surface area is 96.9 Å². The van der Waals surface area contributed by atoms with Crippen molar-refractivity contribution in [1.82, 2.24) is 4.98 Å². The molecule has 6 heteroatoms. The molecule has 16 heavy (non-hydrogen) atoms. The van der Waals surface area contributed by atoms with Crippen molar-refractivity contribution in [2.45, 2.75) is 0 Å². The minimum atomic E-state index is -0.417. The summed E-state index contributed by atoms with van der Waals surface area (Å²) in [6.07, 6.45) is 1.77. The van der Waals surface area contributed by atoms with E-state index in [0.29, 0.717) is 0 Å². The van der Waals surface area contributed by atoms with Crippen molar-refractivity contribution in [3.05, 3.63) is 52.0 Å². The van der Waals surface area contributed by atoms with Gasteiger partial charge in [-0.2, -0.15) is 0 Å². The number of anilines is 1. The van der Waals surface area contributed by atoms with Gasteiger partial charge in [-0.15, -0.1) is 11.3 Å². The van der Waals surface area contributed by atoms with Gasteiger partial charge in [0.2, 0.25) is 0 Å². The molecule has 1 heterocycles. The highest BCUT2D eigenvalue weighted by Gasteiger charge is 1.98. The van der Waals surface area contributed by atoms with Gasteiger partial charge in [0.25, 0.3) is 5.69 Å². The van der Waals surface area contributed by atoms with Crippen LogP contribution < -0.4 is 5.32 Å². The Kier molecular flexibility index (Phi) is 4.94. The highest BCUT2D eigenvalue weighted by atomic mass is 32.1. The van der Waals surface area contributed by atoms with Crippen LogP contribution in [0.5, 0.6) is 0 Å². The van der Waals surface area contributed by atoms with Gasteiger partial charge in [0.05, 0.1) is 4.92 Å². The molecule has 1 aromatic heterocycles. The third-order valence-electron chi connectivity index (χ3n) is 1.61. The Morgan fingerprint density at radius 1 is 1.38 bits per heavy atom. The largest absolute Gasteiger partial charge is 0.365 e. The van der Waals surface area contributed by atoms with E-state index < -0.39 is 4.92 Å². The fraction of sp³-hybridized carbons (Fsp3) is 0.100. The molecule has 0 saturated carbocycles. The molecule has 5 nitrogen and oxygen atoms in total. The summed E-state index contributed by atoms with van der Waals surface area (Å²) in [4.78, 5) is 13.5. The Bertz CT molecular complexity index is 417. The van der Waals surface area contributed by atoms with Gasteiger partial charge in [0.15, 0.2) is 5.13 Å². The lowest BCUT2D eigenvalue weighted by atomic mass is 10.3. The van der Waals surface area contributed by atoms with Gasteiger partial charge < -0.3 is 5.32 Å². The normalized spacial score (nSPS) is 8.81. The average Bonchev–Trinajstić information content (AvgIpc) is 2.84. The average molecular weight is 237 g/mol. The lowest BCUT2D eigenvalue weighted by Crippen LogP contribution is -1.84. The molecule has 0 atom stereocenters. The second kappa shape index (κ2) is 6.52. The van der Waals surface area contributed by atoms with Crippen molar-refractivity contribution in [1.29, 1.82) is 0 Å². The number of nitrogens with one attached hydrogen (secondary N) is 1. The maximum atomic E-state index is 10.0. The van der Waals surface area contributed by atoms with E-state index in [9.17, 15) is 10.1 Å². The smallest absolute Gasteiger partial charge is 0.269 e. The molecule has 2 aromatic rings. The number of benzene rings is 1. The Balaban J connectivity index is 0.000000165. The minimum Gasteiger partial charge on any atom is -0.365 e. The third-order valence-corrected chi connectivity index (χ3v) is 2.40. The fourth-order valence-electron chi connectivity index (χ4n) is 0.897. The number of hydrogen-bond acceptors (Lipinski definition) is 5. The van der Waals surface area contributed by atoms with Crippen molar-refractivity contribution in [2.24, 2.45) is 0 Å². The van der Waals surface area contributed by atoms with Crippen LogP contribution in [0.25, 0.3) is 0 Å². The van der Waals surface area contributed by atoms with Crippen molar-refractivity contribution < 1.29 is 4.92 Å². The molecular weight excluding hydrogens is 226 g/mol. The molecule has 0 fully saturated rings. The van der Waals surface area contributed by atoms with Crippen LogP contribution >= 0.6 is 11.3 Å². The number of aromatic nitrogens is 1. The molecule has 0 aliphatic heterocycles. The molecule has 0 saturated heterocycles. The standard InChI is InChI=1S/C6H5NO2.C4H6N2S/c8-7(9)6-4-2-1-3-5-6;1-5-4-6-2-3-7-4/h1-5H;2-3H,1H3,(H,5,6). The highest BCUT2D eigenvalue weighted by molar-refractivity contribution is 7.13. The number of nitro benzene ring substituents is 1. The molecule has 0 spiro atoms. The van der Waals surface area contributed by atoms with E-state index in [1.54, 1.807) is 35.7 Å². The van der Waals surface area contributed by atoms with Crippen LogP contribution in [0.2, 0.25) is 0 Å². The molecule has 1 aromatic carbocycles. The second-order valence-electron chi connectivity index (χ2n) is 2.68. The van der Waals surface area contributed by atoms with E-state index in [0.717, 1.165) is 5.13 Å². The first-order valence-corrected chi connectivity index (χ1v) is 5.38. The molecule has 0 aliphatic rings. The van der Waals surface area contributed by atoms with Gasteiger partial charge >= 0.3 is 0 Å². The van der Waals surface area contributed by atoms with Gasteiger partial charge in [-0.05, 0) is 0 Å². The van der Waals surface area contributed by atoms with Crippen LogP contribution in [0.15, 0.2) is 41.9 Å². The number of non-ortho nitro benzene ring substituents is 1. The molecule has 2 rings (SSSR count). The van der Waals surface area contributed by atoms with Crippen molar-refractivity contribution >= 4 is 22.2 Å². The maximum absolute atomic E-state index is 10.0. The van der Waals surface area contributed by atoms with Crippen molar-refractivity contribution in [3.8, 4) is 0 Å². The lowest BCUT2D eigenvalue weighted by molar-refractivity contribution is -0.384. The molecule has 0 amide bonds. The number of para-hydroxylation sites is 1. The SMILES string of the molecule is CNc1nccs1.O=[N+]([O-])c1ccccc1. The number of hydrogen-bond donors (Lipinski definition) is 1. The molecular formula is C10H11N3O2S. The van der Waals surface area contributed by atoms with E-state index in [4.69, 9.17) is 0 Å². The molecule has 0 aliphatic carbocycles. The zero-order valence-electron chi connectivity index (χ0n) is 8.66. The number of nitrogens with zero attached hydrogens (tertiary/aromatic N) is 2. The molecule has 84 valence electrons. The Morgan fingerprint density at radius 2 is 2.06 bits per heavy atom. The van der Waals surface area contributed by atoms with Crippen LogP contribution in [0.4, 0.5) is 10.8 Å². The van der Waals surface area contributed by atoms with Gasteiger partial charge in [-0.25, -0.2) is 4.98 Å². The van der Waals surface area contributed by atoms with Gasteiger partial charge in [-0.3, -0.25) is 10.1 Å². The Hall–Kier alpha value is -1.95. The van der Waals surface area contributed by atoms with Gasteiger partial charge in [0, 0.05) is 30.8 Å². The second-order valence-corrected chi connectivity index (χ2v) is 3.57. The summed E-state index contributed by atoms with van der Waals surface area (Å²) >= 11 is 1.60. The predicted octanol–water partition coefficient (Wildman–Crippen LogP) is 2.78. The van der Waals surface area contributed by atoms with Crippen LogP contribution in [0, 0.1) is 10.1 Å². The van der Waals surface area contributed by atoms with Gasteiger partial charge in [-0.1, -0.05) is 18.2 Å². The van der Waals surface area contributed by atoms with E-state index in [2.05, 4.69) is 10.3 Å². The highest BCUT2D eigenvalue weighted by Crippen LogP contribution is 2.07. The summed E-state index contributed by atoms with van der Waals surface area (Å²) in [5.74, 6) is 0. The predicted molar refractivity (Wildman–Crippen MR) is 64.8 cm³/mol. The monoisotopic (exact) mass is 237 g/mol. The van der Waals surface area contributed by atoms with E-state index in [1.165, 1.54) is 12.1 Å². The Morgan fingerprint density at radius 3 is 2.38 bits per heavy atom. The minimum absolute atomic E-state index is 0.137. The lowest BCUT2D eigenvalue weighted by Gasteiger charge is -1.85. The zero-order valence-corrected chi connectivity index (χ0v) is 9.48. The van der Waals surface area contributed by atoms with E-state index in [1.807, 2.05) is 12.4 Å². The van der Waals surface area contributed by atoms with E-state index in [-0.39, 0.29) is 5.69 Å². The zero-order chi connectivity index (χ0) is 11.8. The summed E-state index contributed by atoms with van der Waals surface area (Å²) in [6.45, 7) is 0. The maximum Gasteiger partial charge on any atom is 0.269 e. The number of thiazole rings is 1. The quantitative estimate of drug-likeness (QED) is 0.644. The van der Waals surface area contributed by atoms with Gasteiger partial charge in [0.1, 0.15) is 0 Å². The molecule has 0 unspecified atom stereocenters. The number of rotatable bonds is 2. The summed E-state index contributed by atoms with van der Waals surface area (Å²) in [5.41, 5.74) is 0.137. The van der Waals surface area contributed by atoms with Crippen LogP contribution in [0.1, 0.15) is 0 Å². The fourth-order valence-corrected chi connectivity index (χ4v) is 1.39. The molecule has 0 radical (unpaired) electrons. The summed E-state index contributed by atoms with van der Waals surface area (Å²) in [6, 6.07) is 7.93. The van der Waals surface area contributed by atoms with Crippen LogP contribution in [-0.4, -0.2) is 17.0 Å². The molecule has 0 bridgehead atoms. The summed E-state index contributed by atoms with van der Waals surface area (Å²) < 4.78 is 0. The van der Waals surface area contributed by atoms with Crippen molar-refractivity contribution in [3.63, 3.8) is 0 Å². The summed E-state index contributed by atoms with van der Waals surface area (Å²) in [7, 11) is 1.86. The van der Waals surface area contributed by atoms with E-state index >= 15 is 0 Å². The first kappa shape index (κ1) is 12.1. The van der Waals surface area contributed by atoms with Crippen LogP contribution in [0.3, 0.4) is 0 Å². The summed E-state index contributed by atoms with van der Waals surface area (Å²) in [5, 5.41) is 15.8. The number of nitro groups is 1. The third kappa shape index (κ3) is 4.05. The topological polar surface area (TPSA) is 68.1 Å². The molecule has 1 N–H and O–H groups in total. The first-order valence-electron chi connectivity index (χ1n) is 4.50. The first-order chi connectivity index (χ1) is 7.74. The van der Waals surface area contributed by atoms with Crippen LogP contribution in [-0.2, 0) is 0 Å².